The summed E-state index contributed by atoms with van der Waals surface area (Å²) < 4.78 is 45.1. The quantitative estimate of drug-likeness (QED) is 0.836. The molecule has 0 fully saturated rings. The molecule has 0 aliphatic rings. The molecule has 0 amide bonds. The van der Waals surface area contributed by atoms with Crippen LogP contribution < -0.4 is 10.1 Å². The highest BCUT2D eigenvalue weighted by atomic mass is 19.4. The van der Waals surface area contributed by atoms with Crippen molar-refractivity contribution in [2.24, 2.45) is 0 Å². The van der Waals surface area contributed by atoms with E-state index in [1.165, 1.54) is 13.3 Å². The lowest BCUT2D eigenvalue weighted by atomic mass is 10.1. The Morgan fingerprint density at radius 3 is 2.50 bits per heavy atom. The van der Waals surface area contributed by atoms with Crippen LogP contribution in [-0.4, -0.2) is 29.6 Å². The van der Waals surface area contributed by atoms with Crippen LogP contribution in [0.25, 0.3) is 0 Å². The monoisotopic (exact) mass is 293 g/mol. The summed E-state index contributed by atoms with van der Waals surface area (Å²) in [6.45, 7) is 6.17. The summed E-state index contributed by atoms with van der Waals surface area (Å²) in [7, 11) is 1.44. The lowest BCUT2D eigenvalue weighted by molar-refractivity contribution is -0.141. The number of hydrogen-bond donors (Lipinski definition) is 1. The molecule has 0 aliphatic carbocycles. The number of methoxy groups -OCH3 is 1. The van der Waals surface area contributed by atoms with E-state index in [0.717, 1.165) is 6.42 Å². The standard InChI is InChI=1S/C13H22F3N3O/c1-5-6-17-10(7-13(14,15)16)12-11(20-4)8-18-19(12)9(2)3/h8-10,17H,5-7H2,1-4H3. The molecule has 0 radical (unpaired) electrons. The van der Waals surface area contributed by atoms with E-state index in [1.807, 2.05) is 20.8 Å². The largest absolute Gasteiger partial charge is 0.493 e. The van der Waals surface area contributed by atoms with Crippen LogP contribution >= 0.6 is 0 Å². The molecule has 1 N–H and O–H groups in total. The Morgan fingerprint density at radius 1 is 1.40 bits per heavy atom. The molecule has 1 heterocycles. The van der Waals surface area contributed by atoms with Gasteiger partial charge in [-0.2, -0.15) is 18.3 Å². The van der Waals surface area contributed by atoms with Crippen LogP contribution in [0.1, 0.15) is 51.4 Å². The van der Waals surface area contributed by atoms with Crippen molar-refractivity contribution >= 4 is 0 Å². The molecule has 1 unspecified atom stereocenters. The van der Waals surface area contributed by atoms with Crippen LogP contribution in [-0.2, 0) is 0 Å². The fraction of sp³-hybridized carbons (Fsp3) is 0.769. The van der Waals surface area contributed by atoms with Crippen molar-refractivity contribution < 1.29 is 17.9 Å². The van der Waals surface area contributed by atoms with E-state index < -0.39 is 18.6 Å². The SMILES string of the molecule is CCCNC(CC(F)(F)F)c1c(OC)cnn1C(C)C. The van der Waals surface area contributed by atoms with Gasteiger partial charge in [0.25, 0.3) is 0 Å². The summed E-state index contributed by atoms with van der Waals surface area (Å²) in [5.74, 6) is 0.386. The van der Waals surface area contributed by atoms with Crippen molar-refractivity contribution in [1.29, 1.82) is 0 Å². The third-order valence-electron chi connectivity index (χ3n) is 2.91. The van der Waals surface area contributed by atoms with Crippen LogP contribution in [0.3, 0.4) is 0 Å². The zero-order chi connectivity index (χ0) is 15.3. The predicted octanol–water partition coefficient (Wildman–Crippen LogP) is 3.47. The summed E-state index contributed by atoms with van der Waals surface area (Å²) in [6.07, 6.45) is -2.97. The maximum absolute atomic E-state index is 12.8. The Labute approximate surface area is 117 Å². The van der Waals surface area contributed by atoms with Crippen molar-refractivity contribution in [3.63, 3.8) is 0 Å². The molecule has 1 rings (SSSR count). The van der Waals surface area contributed by atoms with Gasteiger partial charge >= 0.3 is 6.18 Å². The fourth-order valence-electron chi connectivity index (χ4n) is 2.07. The van der Waals surface area contributed by atoms with Gasteiger partial charge in [-0.3, -0.25) is 4.68 Å². The first-order chi connectivity index (χ1) is 9.30. The average Bonchev–Trinajstić information content (AvgIpc) is 2.76. The van der Waals surface area contributed by atoms with Gasteiger partial charge in [0.15, 0.2) is 5.75 Å². The second-order valence-corrected chi connectivity index (χ2v) is 4.96. The zero-order valence-electron chi connectivity index (χ0n) is 12.3. The molecule has 0 bridgehead atoms. The minimum atomic E-state index is -4.25. The van der Waals surface area contributed by atoms with Gasteiger partial charge in [-0.15, -0.1) is 0 Å². The molecule has 0 saturated carbocycles. The summed E-state index contributed by atoms with van der Waals surface area (Å²) in [4.78, 5) is 0. The Morgan fingerprint density at radius 2 is 2.05 bits per heavy atom. The highest BCUT2D eigenvalue weighted by Crippen LogP contribution is 2.35. The van der Waals surface area contributed by atoms with Gasteiger partial charge in [-0.05, 0) is 26.8 Å². The van der Waals surface area contributed by atoms with E-state index in [4.69, 9.17) is 4.74 Å². The lowest BCUT2D eigenvalue weighted by Gasteiger charge is -2.23. The smallest absolute Gasteiger partial charge is 0.390 e. The topological polar surface area (TPSA) is 39.1 Å². The second kappa shape index (κ2) is 6.97. The first-order valence-corrected chi connectivity index (χ1v) is 6.71. The second-order valence-electron chi connectivity index (χ2n) is 4.96. The Bertz CT molecular complexity index is 415. The molecule has 7 heteroatoms. The minimum absolute atomic E-state index is 0.0342. The van der Waals surface area contributed by atoms with Gasteiger partial charge in [-0.1, -0.05) is 6.92 Å². The number of ether oxygens (including phenoxy) is 1. The van der Waals surface area contributed by atoms with Crippen LogP contribution in [0.15, 0.2) is 6.20 Å². The third-order valence-corrected chi connectivity index (χ3v) is 2.91. The molecule has 4 nitrogen and oxygen atoms in total. The minimum Gasteiger partial charge on any atom is -0.493 e. The molecule has 0 spiro atoms. The number of alkyl halides is 3. The molecule has 0 aromatic carbocycles. The highest BCUT2D eigenvalue weighted by Gasteiger charge is 2.35. The van der Waals surface area contributed by atoms with Crippen LogP contribution in [0.2, 0.25) is 0 Å². The number of hydrogen-bond acceptors (Lipinski definition) is 3. The Hall–Kier alpha value is -1.24. The van der Waals surface area contributed by atoms with Gasteiger partial charge < -0.3 is 10.1 Å². The van der Waals surface area contributed by atoms with Gasteiger partial charge in [-0.25, -0.2) is 0 Å². The maximum Gasteiger partial charge on any atom is 0.390 e. The number of nitrogens with one attached hydrogen (secondary N) is 1. The molecule has 1 atom stereocenters. The number of halogens is 3. The van der Waals surface area contributed by atoms with E-state index in [9.17, 15) is 13.2 Å². The molecule has 0 saturated heterocycles. The first kappa shape index (κ1) is 16.8. The first-order valence-electron chi connectivity index (χ1n) is 6.71. The number of aromatic nitrogens is 2. The Balaban J connectivity index is 3.13. The van der Waals surface area contributed by atoms with Crippen molar-refractivity contribution in [2.45, 2.75) is 51.9 Å². The molecular formula is C13H22F3N3O. The highest BCUT2D eigenvalue weighted by molar-refractivity contribution is 5.29. The summed E-state index contributed by atoms with van der Waals surface area (Å²) in [5.41, 5.74) is 0.452. The van der Waals surface area contributed by atoms with E-state index in [0.29, 0.717) is 18.0 Å². The van der Waals surface area contributed by atoms with Crippen LogP contribution in [0.5, 0.6) is 5.75 Å². The third kappa shape index (κ3) is 4.40. The van der Waals surface area contributed by atoms with E-state index >= 15 is 0 Å². The maximum atomic E-state index is 12.8. The normalized spacial score (nSPS) is 13.8. The number of rotatable bonds is 7. The van der Waals surface area contributed by atoms with Crippen molar-refractivity contribution in [1.82, 2.24) is 15.1 Å². The molecule has 1 aromatic rings. The van der Waals surface area contributed by atoms with Gasteiger partial charge in [0.2, 0.25) is 0 Å². The van der Waals surface area contributed by atoms with Crippen LogP contribution in [0, 0.1) is 0 Å². The average molecular weight is 293 g/mol. The van der Waals surface area contributed by atoms with Gasteiger partial charge in [0, 0.05) is 6.04 Å². The van der Waals surface area contributed by atoms with E-state index in [-0.39, 0.29) is 6.04 Å². The zero-order valence-corrected chi connectivity index (χ0v) is 12.3. The summed E-state index contributed by atoms with van der Waals surface area (Å²) in [6, 6.07) is -0.886. The summed E-state index contributed by atoms with van der Waals surface area (Å²) in [5, 5.41) is 7.07. The van der Waals surface area contributed by atoms with Crippen LogP contribution in [0.4, 0.5) is 13.2 Å². The molecule has 1 aromatic heterocycles. The van der Waals surface area contributed by atoms with E-state index in [2.05, 4.69) is 10.4 Å². The van der Waals surface area contributed by atoms with Crippen molar-refractivity contribution in [3.05, 3.63) is 11.9 Å². The fourth-order valence-corrected chi connectivity index (χ4v) is 2.07. The van der Waals surface area contributed by atoms with E-state index in [1.54, 1.807) is 4.68 Å². The summed E-state index contributed by atoms with van der Waals surface area (Å²) >= 11 is 0. The molecule has 0 aliphatic heterocycles. The lowest BCUT2D eigenvalue weighted by Crippen LogP contribution is -2.30. The molecular weight excluding hydrogens is 271 g/mol. The van der Waals surface area contributed by atoms with Crippen molar-refractivity contribution in [2.75, 3.05) is 13.7 Å². The molecule has 116 valence electrons. The van der Waals surface area contributed by atoms with Crippen molar-refractivity contribution in [3.8, 4) is 5.75 Å². The van der Waals surface area contributed by atoms with Gasteiger partial charge in [0.05, 0.1) is 31.5 Å². The predicted molar refractivity (Wildman–Crippen MR) is 70.9 cm³/mol. The number of nitrogens with zero attached hydrogens (tertiary/aromatic N) is 2. The Kier molecular flexibility index (Phi) is 5.86. The molecule has 20 heavy (non-hydrogen) atoms. The van der Waals surface area contributed by atoms with Gasteiger partial charge in [0.1, 0.15) is 0 Å².